The van der Waals surface area contributed by atoms with E-state index in [2.05, 4.69) is 5.32 Å². The Bertz CT molecular complexity index is 311. The third-order valence-corrected chi connectivity index (χ3v) is 4.81. The van der Waals surface area contributed by atoms with Gasteiger partial charge in [0.1, 0.15) is 0 Å². The zero-order valence-electron chi connectivity index (χ0n) is 9.44. The zero-order chi connectivity index (χ0) is 11.3. The van der Waals surface area contributed by atoms with Crippen LogP contribution in [0.3, 0.4) is 0 Å². The number of sulfonamides is 1. The van der Waals surface area contributed by atoms with Crippen molar-refractivity contribution in [3.63, 3.8) is 0 Å². The number of rotatable bonds is 5. The normalized spacial score (nSPS) is 20.4. The molecule has 0 bridgehead atoms. The van der Waals surface area contributed by atoms with Gasteiger partial charge in [-0.25, -0.2) is 8.42 Å². The van der Waals surface area contributed by atoms with Crippen LogP contribution in [0.4, 0.5) is 0 Å². The summed E-state index contributed by atoms with van der Waals surface area (Å²) >= 11 is 0. The van der Waals surface area contributed by atoms with Gasteiger partial charge in [0.05, 0.1) is 5.25 Å². The van der Waals surface area contributed by atoms with Crippen LogP contribution in [0, 0.1) is 0 Å². The van der Waals surface area contributed by atoms with E-state index in [1.807, 2.05) is 19.1 Å². The summed E-state index contributed by atoms with van der Waals surface area (Å²) in [6, 6.07) is 0. The molecule has 1 rings (SSSR count). The predicted molar refractivity (Wildman–Crippen MR) is 62.3 cm³/mol. The van der Waals surface area contributed by atoms with Crippen LogP contribution in [0.25, 0.3) is 0 Å². The first kappa shape index (κ1) is 12.7. The van der Waals surface area contributed by atoms with E-state index >= 15 is 0 Å². The van der Waals surface area contributed by atoms with E-state index in [0.29, 0.717) is 19.6 Å². The van der Waals surface area contributed by atoms with Crippen molar-refractivity contribution in [1.82, 2.24) is 9.62 Å². The molecule has 0 spiro atoms. The maximum Gasteiger partial charge on any atom is 0.218 e. The van der Waals surface area contributed by atoms with Crippen LogP contribution in [0.2, 0.25) is 0 Å². The molecule has 0 aromatic rings. The molecule has 1 heterocycles. The molecule has 1 unspecified atom stereocenters. The van der Waals surface area contributed by atoms with Gasteiger partial charge >= 0.3 is 0 Å². The molecule has 1 aliphatic rings. The highest BCUT2D eigenvalue weighted by Crippen LogP contribution is 2.12. The molecule has 0 aromatic heterocycles. The highest BCUT2D eigenvalue weighted by molar-refractivity contribution is 7.89. The van der Waals surface area contributed by atoms with Gasteiger partial charge in [0.25, 0.3) is 0 Å². The van der Waals surface area contributed by atoms with E-state index < -0.39 is 10.0 Å². The van der Waals surface area contributed by atoms with Crippen LogP contribution in [0.15, 0.2) is 12.2 Å². The second-order valence-electron chi connectivity index (χ2n) is 3.78. The third kappa shape index (κ3) is 3.29. The Hall–Kier alpha value is -0.390. The van der Waals surface area contributed by atoms with Crippen molar-refractivity contribution in [1.29, 1.82) is 0 Å². The van der Waals surface area contributed by atoms with Crippen LogP contribution in [0.5, 0.6) is 0 Å². The molecule has 0 aromatic carbocycles. The maximum atomic E-state index is 12.0. The minimum absolute atomic E-state index is 0.344. The SMILES string of the molecule is CCNCC(C)S(=O)(=O)N1CC=CCC1. The Morgan fingerprint density at radius 2 is 2.20 bits per heavy atom. The molecule has 0 fully saturated rings. The molecule has 0 saturated heterocycles. The molecule has 5 heteroatoms. The van der Waals surface area contributed by atoms with E-state index in [1.54, 1.807) is 11.2 Å². The van der Waals surface area contributed by atoms with Gasteiger partial charge in [-0.15, -0.1) is 0 Å². The Labute approximate surface area is 92.4 Å². The Morgan fingerprint density at radius 1 is 1.47 bits per heavy atom. The molecule has 1 atom stereocenters. The molecule has 0 saturated carbocycles. The van der Waals surface area contributed by atoms with E-state index in [9.17, 15) is 8.42 Å². The summed E-state index contributed by atoms with van der Waals surface area (Å²) in [5, 5.41) is 2.73. The molecule has 0 aliphatic carbocycles. The summed E-state index contributed by atoms with van der Waals surface area (Å²) in [7, 11) is -3.11. The van der Waals surface area contributed by atoms with Gasteiger partial charge < -0.3 is 5.32 Å². The van der Waals surface area contributed by atoms with Gasteiger partial charge in [0, 0.05) is 19.6 Å². The van der Waals surface area contributed by atoms with Crippen LogP contribution >= 0.6 is 0 Å². The van der Waals surface area contributed by atoms with Crippen molar-refractivity contribution in [3.05, 3.63) is 12.2 Å². The highest BCUT2D eigenvalue weighted by Gasteiger charge is 2.27. The minimum Gasteiger partial charge on any atom is -0.316 e. The van der Waals surface area contributed by atoms with Gasteiger partial charge in [-0.3, -0.25) is 0 Å². The summed E-state index contributed by atoms with van der Waals surface area (Å²) in [6.07, 6.45) is 4.77. The molecular formula is C10H20N2O2S. The number of hydrogen-bond acceptors (Lipinski definition) is 3. The molecule has 15 heavy (non-hydrogen) atoms. The molecule has 88 valence electrons. The molecule has 4 nitrogen and oxygen atoms in total. The molecular weight excluding hydrogens is 212 g/mol. The van der Waals surface area contributed by atoms with Crippen molar-refractivity contribution >= 4 is 10.0 Å². The smallest absolute Gasteiger partial charge is 0.218 e. The average molecular weight is 232 g/mol. The summed E-state index contributed by atoms with van der Waals surface area (Å²) in [5.41, 5.74) is 0. The van der Waals surface area contributed by atoms with E-state index in [0.717, 1.165) is 13.0 Å². The number of nitrogens with one attached hydrogen (secondary N) is 1. The van der Waals surface area contributed by atoms with Crippen LogP contribution in [-0.4, -0.2) is 44.2 Å². The monoisotopic (exact) mass is 232 g/mol. The number of nitrogens with zero attached hydrogens (tertiary/aromatic N) is 1. The first-order valence-corrected chi connectivity index (χ1v) is 6.94. The lowest BCUT2D eigenvalue weighted by Gasteiger charge is -2.26. The maximum absolute atomic E-state index is 12.0. The van der Waals surface area contributed by atoms with Crippen LogP contribution < -0.4 is 5.32 Å². The van der Waals surface area contributed by atoms with E-state index in [1.165, 1.54) is 0 Å². The third-order valence-electron chi connectivity index (χ3n) is 2.57. The fraction of sp³-hybridized carbons (Fsp3) is 0.800. The van der Waals surface area contributed by atoms with Gasteiger partial charge in [0.15, 0.2) is 0 Å². The molecule has 0 amide bonds. The lowest BCUT2D eigenvalue weighted by atomic mass is 10.3. The summed E-state index contributed by atoms with van der Waals surface area (Å²) in [4.78, 5) is 0. The summed E-state index contributed by atoms with van der Waals surface area (Å²) < 4.78 is 25.7. The Kier molecular flexibility index (Phi) is 4.76. The minimum atomic E-state index is -3.11. The van der Waals surface area contributed by atoms with E-state index in [4.69, 9.17) is 0 Å². The number of hydrogen-bond donors (Lipinski definition) is 1. The van der Waals surface area contributed by atoms with Crippen molar-refractivity contribution < 1.29 is 8.42 Å². The van der Waals surface area contributed by atoms with Gasteiger partial charge in [-0.2, -0.15) is 4.31 Å². The molecule has 1 N–H and O–H groups in total. The first-order chi connectivity index (χ1) is 7.09. The quantitative estimate of drug-likeness (QED) is 0.705. The lowest BCUT2D eigenvalue weighted by Crippen LogP contribution is -2.43. The van der Waals surface area contributed by atoms with E-state index in [-0.39, 0.29) is 5.25 Å². The highest BCUT2D eigenvalue weighted by atomic mass is 32.2. The van der Waals surface area contributed by atoms with Gasteiger partial charge in [0.2, 0.25) is 10.0 Å². The van der Waals surface area contributed by atoms with Gasteiger partial charge in [-0.1, -0.05) is 19.1 Å². The first-order valence-electron chi connectivity index (χ1n) is 5.43. The van der Waals surface area contributed by atoms with Crippen LogP contribution in [-0.2, 0) is 10.0 Å². The summed E-state index contributed by atoms with van der Waals surface area (Å²) in [5.74, 6) is 0. The Morgan fingerprint density at radius 3 is 2.73 bits per heavy atom. The second kappa shape index (κ2) is 5.63. The fourth-order valence-electron chi connectivity index (χ4n) is 1.56. The van der Waals surface area contributed by atoms with Crippen LogP contribution in [0.1, 0.15) is 20.3 Å². The van der Waals surface area contributed by atoms with Gasteiger partial charge in [-0.05, 0) is 19.9 Å². The predicted octanol–water partition coefficient (Wildman–Crippen LogP) is 0.576. The lowest BCUT2D eigenvalue weighted by molar-refractivity contribution is 0.428. The Balaban J connectivity index is 2.60. The molecule has 0 radical (unpaired) electrons. The standard InChI is InChI=1S/C10H20N2O2S/c1-3-11-9-10(2)15(13,14)12-7-5-4-6-8-12/h4-5,10-11H,3,6-9H2,1-2H3. The topological polar surface area (TPSA) is 49.4 Å². The van der Waals surface area contributed by atoms with Crippen molar-refractivity contribution in [2.45, 2.75) is 25.5 Å². The summed E-state index contributed by atoms with van der Waals surface area (Å²) in [6.45, 7) is 6.21. The molecule has 1 aliphatic heterocycles. The van der Waals surface area contributed by atoms with Crippen molar-refractivity contribution in [2.24, 2.45) is 0 Å². The largest absolute Gasteiger partial charge is 0.316 e. The fourth-order valence-corrected chi connectivity index (χ4v) is 3.05. The second-order valence-corrected chi connectivity index (χ2v) is 6.13. The van der Waals surface area contributed by atoms with Crippen molar-refractivity contribution in [3.8, 4) is 0 Å². The zero-order valence-corrected chi connectivity index (χ0v) is 10.3. The van der Waals surface area contributed by atoms with Crippen molar-refractivity contribution in [2.75, 3.05) is 26.2 Å². The average Bonchev–Trinajstić information content (AvgIpc) is 2.27.